The number of allylic oxidation sites excluding steroid dienone is 1. The molecule has 0 saturated heterocycles. The van der Waals surface area contributed by atoms with E-state index < -0.39 is 0 Å². The van der Waals surface area contributed by atoms with Crippen LogP contribution in [0.1, 0.15) is 35.3 Å². The van der Waals surface area contributed by atoms with Gasteiger partial charge in [0, 0.05) is 10.0 Å². The molecule has 3 rings (SSSR count). The SMILES string of the molecule is CC[NH+](CC)Cc1c([O-])ccc2c1O/C(=C\c1ccc(Br)cc1)C2=O. The van der Waals surface area contributed by atoms with E-state index in [1.165, 1.54) is 11.0 Å². The monoisotopic (exact) mass is 401 g/mol. The Hall–Kier alpha value is -2.11. The second-order valence-corrected chi connectivity index (χ2v) is 6.96. The summed E-state index contributed by atoms with van der Waals surface area (Å²) in [7, 11) is 0. The van der Waals surface area contributed by atoms with Crippen molar-refractivity contribution in [3.63, 3.8) is 0 Å². The Kier molecular flexibility index (Phi) is 5.25. The normalized spacial score (nSPS) is 14.9. The zero-order valence-corrected chi connectivity index (χ0v) is 15.9. The van der Waals surface area contributed by atoms with Crippen molar-refractivity contribution >= 4 is 27.8 Å². The molecule has 130 valence electrons. The highest BCUT2D eigenvalue weighted by Crippen LogP contribution is 2.38. The molecule has 2 aromatic rings. The van der Waals surface area contributed by atoms with Crippen molar-refractivity contribution in [2.24, 2.45) is 0 Å². The fraction of sp³-hybridized carbons (Fsp3) is 0.250. The van der Waals surface area contributed by atoms with Gasteiger partial charge in [-0.1, -0.05) is 39.9 Å². The van der Waals surface area contributed by atoms with Gasteiger partial charge in [0.05, 0.1) is 18.7 Å². The van der Waals surface area contributed by atoms with Crippen LogP contribution in [0.15, 0.2) is 46.6 Å². The molecule has 0 saturated carbocycles. The van der Waals surface area contributed by atoms with E-state index in [0.717, 1.165) is 23.1 Å². The molecule has 0 bridgehead atoms. The third-order valence-electron chi connectivity index (χ3n) is 4.49. The van der Waals surface area contributed by atoms with Crippen molar-refractivity contribution in [2.45, 2.75) is 20.4 Å². The summed E-state index contributed by atoms with van der Waals surface area (Å²) in [5.74, 6) is 0.448. The molecule has 0 atom stereocenters. The van der Waals surface area contributed by atoms with Gasteiger partial charge in [-0.2, -0.15) is 0 Å². The van der Waals surface area contributed by atoms with Gasteiger partial charge in [-0.15, -0.1) is 0 Å². The molecule has 0 aromatic heterocycles. The number of nitrogens with one attached hydrogen (secondary N) is 1. The van der Waals surface area contributed by atoms with E-state index in [4.69, 9.17) is 4.74 Å². The number of hydrogen-bond donors (Lipinski definition) is 1. The van der Waals surface area contributed by atoms with Crippen LogP contribution < -0.4 is 14.7 Å². The molecular formula is C20H20BrNO3. The summed E-state index contributed by atoms with van der Waals surface area (Å²) in [6.07, 6.45) is 1.72. The van der Waals surface area contributed by atoms with Crippen LogP contribution in [0.2, 0.25) is 0 Å². The minimum Gasteiger partial charge on any atom is -0.872 e. The maximum Gasteiger partial charge on any atom is 0.231 e. The Morgan fingerprint density at radius 3 is 2.44 bits per heavy atom. The van der Waals surface area contributed by atoms with Crippen LogP contribution in [-0.4, -0.2) is 18.9 Å². The number of benzene rings is 2. The number of halogens is 1. The first-order chi connectivity index (χ1) is 12.0. The quantitative estimate of drug-likeness (QED) is 0.783. The van der Waals surface area contributed by atoms with Crippen molar-refractivity contribution in [1.29, 1.82) is 0 Å². The van der Waals surface area contributed by atoms with Crippen LogP contribution >= 0.6 is 15.9 Å². The molecule has 5 heteroatoms. The van der Waals surface area contributed by atoms with E-state index in [-0.39, 0.29) is 17.3 Å². The predicted octanol–water partition coefficient (Wildman–Crippen LogP) is 2.56. The van der Waals surface area contributed by atoms with E-state index in [2.05, 4.69) is 29.8 Å². The van der Waals surface area contributed by atoms with Gasteiger partial charge in [0.2, 0.25) is 5.78 Å². The van der Waals surface area contributed by atoms with Crippen LogP contribution in [0, 0.1) is 0 Å². The van der Waals surface area contributed by atoms with Crippen molar-refractivity contribution in [3.05, 3.63) is 63.3 Å². The van der Waals surface area contributed by atoms with Gasteiger partial charge in [0.25, 0.3) is 0 Å². The Morgan fingerprint density at radius 2 is 1.80 bits per heavy atom. The Morgan fingerprint density at radius 1 is 1.12 bits per heavy atom. The summed E-state index contributed by atoms with van der Waals surface area (Å²) in [5.41, 5.74) is 1.94. The zero-order chi connectivity index (χ0) is 18.0. The fourth-order valence-electron chi connectivity index (χ4n) is 2.92. The first-order valence-corrected chi connectivity index (χ1v) is 9.19. The van der Waals surface area contributed by atoms with Gasteiger partial charge < -0.3 is 14.7 Å². The minimum atomic E-state index is -0.172. The third-order valence-corrected chi connectivity index (χ3v) is 5.02. The van der Waals surface area contributed by atoms with Crippen LogP contribution in [0.5, 0.6) is 11.5 Å². The molecule has 1 aliphatic rings. The number of Topliss-reactive ketones (excluding diaryl/α,β-unsaturated/α-hetero) is 1. The van der Waals surface area contributed by atoms with Crippen LogP contribution in [0.25, 0.3) is 6.08 Å². The van der Waals surface area contributed by atoms with Gasteiger partial charge in [0.1, 0.15) is 12.3 Å². The van der Waals surface area contributed by atoms with Crippen LogP contribution in [-0.2, 0) is 6.54 Å². The zero-order valence-electron chi connectivity index (χ0n) is 14.3. The fourth-order valence-corrected chi connectivity index (χ4v) is 3.18. The number of fused-ring (bicyclic) bond motifs is 1. The number of rotatable bonds is 5. The molecule has 0 radical (unpaired) electrons. The number of quaternary nitrogens is 1. The average Bonchev–Trinajstić information content (AvgIpc) is 2.92. The van der Waals surface area contributed by atoms with Crippen molar-refractivity contribution in [2.75, 3.05) is 13.1 Å². The highest BCUT2D eigenvalue weighted by atomic mass is 79.9. The minimum absolute atomic E-state index is 0.0733. The Balaban J connectivity index is 1.96. The summed E-state index contributed by atoms with van der Waals surface area (Å²) in [6.45, 7) is 6.55. The third kappa shape index (κ3) is 3.62. The van der Waals surface area contributed by atoms with E-state index >= 15 is 0 Å². The van der Waals surface area contributed by atoms with Crippen LogP contribution in [0.4, 0.5) is 0 Å². The highest BCUT2D eigenvalue weighted by Gasteiger charge is 2.30. The topological polar surface area (TPSA) is 53.8 Å². The lowest BCUT2D eigenvalue weighted by molar-refractivity contribution is -0.910. The molecule has 0 aliphatic carbocycles. The summed E-state index contributed by atoms with van der Waals surface area (Å²) in [5, 5.41) is 12.3. The lowest BCUT2D eigenvalue weighted by atomic mass is 10.0. The van der Waals surface area contributed by atoms with Gasteiger partial charge >= 0.3 is 0 Å². The maximum absolute atomic E-state index is 12.6. The first-order valence-electron chi connectivity index (χ1n) is 8.39. The summed E-state index contributed by atoms with van der Waals surface area (Å²) >= 11 is 3.39. The highest BCUT2D eigenvalue weighted by molar-refractivity contribution is 9.10. The van der Waals surface area contributed by atoms with E-state index in [9.17, 15) is 9.90 Å². The molecule has 1 heterocycles. The van der Waals surface area contributed by atoms with E-state index in [1.54, 1.807) is 12.1 Å². The number of ketones is 1. The van der Waals surface area contributed by atoms with Crippen molar-refractivity contribution in [3.8, 4) is 11.5 Å². The van der Waals surface area contributed by atoms with Gasteiger partial charge in [-0.25, -0.2) is 0 Å². The lowest BCUT2D eigenvalue weighted by Gasteiger charge is -2.21. The Labute approximate surface area is 155 Å². The number of carbonyl (C=O) groups excluding carboxylic acids is 1. The largest absolute Gasteiger partial charge is 0.872 e. The molecule has 25 heavy (non-hydrogen) atoms. The smallest absolute Gasteiger partial charge is 0.231 e. The molecule has 1 aliphatic heterocycles. The van der Waals surface area contributed by atoms with E-state index in [0.29, 0.717) is 23.4 Å². The summed E-state index contributed by atoms with van der Waals surface area (Å²) in [4.78, 5) is 13.9. The van der Waals surface area contributed by atoms with Crippen LogP contribution in [0.3, 0.4) is 0 Å². The molecule has 0 amide bonds. The maximum atomic E-state index is 12.6. The molecule has 0 fully saturated rings. The van der Waals surface area contributed by atoms with Gasteiger partial charge in [-0.05, 0) is 43.7 Å². The lowest BCUT2D eigenvalue weighted by Crippen LogP contribution is -3.10. The Bertz CT molecular complexity index is 824. The number of ether oxygens (including phenoxy) is 1. The number of carbonyl (C=O) groups is 1. The molecule has 0 spiro atoms. The second kappa shape index (κ2) is 7.42. The van der Waals surface area contributed by atoms with Gasteiger partial charge in [0.15, 0.2) is 5.76 Å². The average molecular weight is 402 g/mol. The first kappa shape index (κ1) is 17.7. The second-order valence-electron chi connectivity index (χ2n) is 6.04. The standard InChI is InChI=1S/C20H20BrNO3/c1-3-22(4-2)12-16-17(23)10-9-15-19(24)18(25-20(15)16)11-13-5-7-14(21)8-6-13/h5-11,23H,3-4,12H2,1-2H3/b18-11-. The molecule has 1 N–H and O–H groups in total. The number of hydrogen-bond acceptors (Lipinski definition) is 3. The van der Waals surface area contributed by atoms with Crippen molar-refractivity contribution in [1.82, 2.24) is 0 Å². The summed E-state index contributed by atoms with van der Waals surface area (Å²) < 4.78 is 6.81. The molecular weight excluding hydrogens is 382 g/mol. The predicted molar refractivity (Wildman–Crippen MR) is 98.7 cm³/mol. The van der Waals surface area contributed by atoms with E-state index in [1.807, 2.05) is 24.3 Å². The van der Waals surface area contributed by atoms with Crippen molar-refractivity contribution < 1.29 is 19.5 Å². The summed E-state index contributed by atoms with van der Waals surface area (Å²) in [6, 6.07) is 10.7. The van der Waals surface area contributed by atoms with Gasteiger partial charge in [-0.3, -0.25) is 4.79 Å². The molecule has 0 unspecified atom stereocenters. The molecule has 4 nitrogen and oxygen atoms in total. The molecule has 2 aromatic carbocycles.